The van der Waals surface area contributed by atoms with Crippen LogP contribution in [0.5, 0.6) is 5.75 Å². The molecule has 6 heteroatoms. The largest absolute Gasteiger partial charge is 0.383 e. The van der Waals surface area contributed by atoms with Gasteiger partial charge in [-0.05, 0) is 12.1 Å². The van der Waals surface area contributed by atoms with Gasteiger partial charge in [-0.2, -0.15) is 8.42 Å². The molecule has 0 spiro atoms. The Hall–Kier alpha value is -1.56. The Morgan fingerprint density at radius 3 is 2.60 bits per heavy atom. The topological polar surface area (TPSA) is 72.5 Å². The van der Waals surface area contributed by atoms with Gasteiger partial charge in [-0.15, -0.1) is 0 Å². The first-order valence-electron chi connectivity index (χ1n) is 4.14. The Morgan fingerprint density at radius 2 is 2.07 bits per heavy atom. The summed E-state index contributed by atoms with van der Waals surface area (Å²) in [5.41, 5.74) is 0.489. The molecule has 0 fully saturated rings. The van der Waals surface area contributed by atoms with Gasteiger partial charge < -0.3 is 9.50 Å². The van der Waals surface area contributed by atoms with Gasteiger partial charge in [0.25, 0.3) is 0 Å². The van der Waals surface area contributed by atoms with Crippen LogP contribution in [0.25, 0.3) is 0 Å². The molecule has 0 saturated carbocycles. The molecule has 1 aromatic carbocycles. The molecule has 0 bridgehead atoms. The first kappa shape index (κ1) is 11.5. The smallest absolute Gasteiger partial charge is 0.306 e. The molecule has 82 valence electrons. The second-order valence-corrected chi connectivity index (χ2v) is 4.57. The van der Waals surface area contributed by atoms with Crippen molar-refractivity contribution in [1.82, 2.24) is 0 Å². The number of anilines is 1. The Morgan fingerprint density at radius 1 is 1.40 bits per heavy atom. The normalized spacial score (nSPS) is 10.8. The quantitative estimate of drug-likeness (QED) is 0.784. The summed E-state index contributed by atoms with van der Waals surface area (Å²) in [7, 11) is -3.54. The molecule has 1 N–H and O–H groups in total. The van der Waals surface area contributed by atoms with E-state index in [9.17, 15) is 13.2 Å². The van der Waals surface area contributed by atoms with Crippen molar-refractivity contribution in [1.29, 1.82) is 0 Å². The van der Waals surface area contributed by atoms with Crippen LogP contribution in [-0.4, -0.2) is 20.6 Å². The minimum Gasteiger partial charge on any atom is -0.383 e. The number of hydrogen-bond donors (Lipinski definition) is 1. The molecule has 1 amide bonds. The molecule has 0 atom stereocenters. The van der Waals surface area contributed by atoms with E-state index in [0.717, 1.165) is 6.26 Å². The van der Waals surface area contributed by atoms with Crippen LogP contribution in [0.3, 0.4) is 0 Å². The van der Waals surface area contributed by atoms with Crippen molar-refractivity contribution in [3.63, 3.8) is 0 Å². The molecular weight excluding hydrogens is 218 g/mol. The van der Waals surface area contributed by atoms with Crippen molar-refractivity contribution in [2.45, 2.75) is 6.92 Å². The summed E-state index contributed by atoms with van der Waals surface area (Å²) >= 11 is 0. The van der Waals surface area contributed by atoms with Gasteiger partial charge in [0.05, 0.1) is 6.26 Å². The maximum Gasteiger partial charge on any atom is 0.306 e. The van der Waals surface area contributed by atoms with Crippen LogP contribution < -0.4 is 9.50 Å². The minimum atomic E-state index is -3.54. The van der Waals surface area contributed by atoms with Gasteiger partial charge in [-0.1, -0.05) is 6.07 Å². The van der Waals surface area contributed by atoms with Crippen LogP contribution in [-0.2, 0) is 14.9 Å². The van der Waals surface area contributed by atoms with Crippen molar-refractivity contribution in [3.05, 3.63) is 24.3 Å². The van der Waals surface area contributed by atoms with Crippen LogP contribution in [0.1, 0.15) is 6.92 Å². The second-order valence-electron chi connectivity index (χ2n) is 3.00. The van der Waals surface area contributed by atoms with E-state index in [0.29, 0.717) is 5.69 Å². The summed E-state index contributed by atoms with van der Waals surface area (Å²) in [4.78, 5) is 10.7. The number of rotatable bonds is 3. The molecule has 0 radical (unpaired) electrons. The third-order valence-corrected chi connectivity index (χ3v) is 1.90. The summed E-state index contributed by atoms with van der Waals surface area (Å²) in [6.07, 6.45) is 0.956. The predicted molar refractivity (Wildman–Crippen MR) is 56.2 cm³/mol. The molecule has 0 heterocycles. The SMILES string of the molecule is CC(=O)Nc1cccc(OS(C)(=O)=O)c1. The number of carbonyl (C=O) groups is 1. The number of hydrogen-bond acceptors (Lipinski definition) is 4. The molecular formula is C9H11NO4S. The number of amides is 1. The number of benzene rings is 1. The fourth-order valence-corrected chi connectivity index (χ4v) is 1.46. The van der Waals surface area contributed by atoms with E-state index in [1.807, 2.05) is 0 Å². The van der Waals surface area contributed by atoms with Gasteiger partial charge in [0, 0.05) is 18.7 Å². The lowest BCUT2D eigenvalue weighted by molar-refractivity contribution is -0.114. The average Bonchev–Trinajstić information content (AvgIpc) is 1.99. The van der Waals surface area contributed by atoms with Crippen LogP contribution in [0.15, 0.2) is 24.3 Å². The van der Waals surface area contributed by atoms with Crippen molar-refractivity contribution in [2.75, 3.05) is 11.6 Å². The first-order chi connectivity index (χ1) is 6.87. The van der Waals surface area contributed by atoms with Crippen molar-refractivity contribution >= 4 is 21.7 Å². The predicted octanol–water partition coefficient (Wildman–Crippen LogP) is 0.983. The molecule has 5 nitrogen and oxygen atoms in total. The van der Waals surface area contributed by atoms with Crippen LogP contribution >= 0.6 is 0 Å². The van der Waals surface area contributed by atoms with E-state index in [1.165, 1.54) is 19.1 Å². The van der Waals surface area contributed by atoms with Gasteiger partial charge in [0.1, 0.15) is 5.75 Å². The molecule has 0 aliphatic heterocycles. The lowest BCUT2D eigenvalue weighted by Gasteiger charge is -2.05. The monoisotopic (exact) mass is 229 g/mol. The lowest BCUT2D eigenvalue weighted by Crippen LogP contribution is -2.08. The van der Waals surface area contributed by atoms with Gasteiger partial charge in [-0.3, -0.25) is 4.79 Å². The zero-order valence-electron chi connectivity index (χ0n) is 8.35. The van der Waals surface area contributed by atoms with Gasteiger partial charge in [0.2, 0.25) is 5.91 Å². The van der Waals surface area contributed by atoms with Gasteiger partial charge >= 0.3 is 10.1 Å². The summed E-state index contributed by atoms with van der Waals surface area (Å²) in [6.45, 7) is 1.37. The van der Waals surface area contributed by atoms with E-state index in [4.69, 9.17) is 0 Å². The van der Waals surface area contributed by atoms with Gasteiger partial charge in [-0.25, -0.2) is 0 Å². The molecule has 0 aliphatic rings. The fourth-order valence-electron chi connectivity index (χ4n) is 1.00. The van der Waals surface area contributed by atoms with Crippen molar-refractivity contribution in [2.24, 2.45) is 0 Å². The molecule has 1 rings (SSSR count). The Kier molecular flexibility index (Phi) is 3.31. The number of carbonyl (C=O) groups excluding carboxylic acids is 1. The van der Waals surface area contributed by atoms with Crippen LogP contribution in [0.2, 0.25) is 0 Å². The van der Waals surface area contributed by atoms with E-state index in [1.54, 1.807) is 12.1 Å². The third-order valence-electron chi connectivity index (χ3n) is 1.40. The first-order valence-corrected chi connectivity index (χ1v) is 5.95. The maximum absolute atomic E-state index is 10.8. The Labute approximate surface area is 88.2 Å². The lowest BCUT2D eigenvalue weighted by atomic mass is 10.3. The number of nitrogens with one attached hydrogen (secondary N) is 1. The summed E-state index contributed by atoms with van der Waals surface area (Å²) in [5, 5.41) is 2.52. The minimum absolute atomic E-state index is 0.170. The fraction of sp³-hybridized carbons (Fsp3) is 0.222. The van der Waals surface area contributed by atoms with E-state index in [-0.39, 0.29) is 11.7 Å². The van der Waals surface area contributed by atoms with E-state index < -0.39 is 10.1 Å². The van der Waals surface area contributed by atoms with Crippen LogP contribution in [0, 0.1) is 0 Å². The van der Waals surface area contributed by atoms with Crippen molar-refractivity contribution < 1.29 is 17.4 Å². The van der Waals surface area contributed by atoms with Gasteiger partial charge in [0.15, 0.2) is 0 Å². The highest BCUT2D eigenvalue weighted by Gasteiger charge is 2.04. The Bertz CT molecular complexity index is 467. The highest BCUT2D eigenvalue weighted by Crippen LogP contribution is 2.18. The summed E-state index contributed by atoms with van der Waals surface area (Å²) in [6, 6.07) is 6.15. The molecule has 0 aromatic heterocycles. The zero-order chi connectivity index (χ0) is 11.5. The summed E-state index contributed by atoms with van der Waals surface area (Å²) < 4.78 is 26.3. The highest BCUT2D eigenvalue weighted by atomic mass is 32.2. The van der Waals surface area contributed by atoms with E-state index >= 15 is 0 Å². The second kappa shape index (κ2) is 4.31. The highest BCUT2D eigenvalue weighted by molar-refractivity contribution is 7.86. The third kappa shape index (κ3) is 4.46. The molecule has 0 aliphatic carbocycles. The Balaban J connectivity index is 2.88. The molecule has 0 saturated heterocycles. The maximum atomic E-state index is 10.8. The zero-order valence-corrected chi connectivity index (χ0v) is 9.17. The molecule has 1 aromatic rings. The van der Waals surface area contributed by atoms with E-state index in [2.05, 4.69) is 9.50 Å². The standard InChI is InChI=1S/C9H11NO4S/c1-7(11)10-8-4-3-5-9(6-8)14-15(2,12)13/h3-6H,1-2H3,(H,10,11). The van der Waals surface area contributed by atoms with Crippen LogP contribution in [0.4, 0.5) is 5.69 Å². The summed E-state index contributed by atoms with van der Waals surface area (Å²) in [5.74, 6) is -0.0599. The molecule has 0 unspecified atom stereocenters. The molecule has 15 heavy (non-hydrogen) atoms. The average molecular weight is 229 g/mol. The van der Waals surface area contributed by atoms with Crippen molar-refractivity contribution in [3.8, 4) is 5.75 Å².